The Morgan fingerprint density at radius 2 is 2.07 bits per heavy atom. The molecule has 1 aromatic carbocycles. The molecular weight excluding hydrogens is 201 g/mol. The Morgan fingerprint density at radius 1 is 1.43 bits per heavy atom. The van der Waals surface area contributed by atoms with Crippen molar-refractivity contribution in [3.05, 3.63) is 34.6 Å². The molecule has 1 atom stereocenters. The third-order valence-corrected chi connectivity index (χ3v) is 2.40. The number of rotatable bonds is 2. The van der Waals surface area contributed by atoms with Gasteiger partial charge in [-0.2, -0.15) is 5.26 Å². The summed E-state index contributed by atoms with van der Waals surface area (Å²) in [7, 11) is 0. The van der Waals surface area contributed by atoms with E-state index in [-0.39, 0.29) is 16.9 Å². The smallest absolute Gasteiger partial charge is 0.141 e. The standard InChI is InChI=1S/C11H11ClFN/c1-7(2)9(6-14)8-3-4-11(13)10(12)5-8/h3-5,7,9H,1-2H3. The van der Waals surface area contributed by atoms with Crippen LogP contribution in [0.3, 0.4) is 0 Å². The second-order valence-electron chi connectivity index (χ2n) is 3.52. The summed E-state index contributed by atoms with van der Waals surface area (Å²) in [4.78, 5) is 0. The van der Waals surface area contributed by atoms with Crippen LogP contribution < -0.4 is 0 Å². The number of nitrogens with zero attached hydrogens (tertiary/aromatic N) is 1. The second-order valence-corrected chi connectivity index (χ2v) is 3.93. The van der Waals surface area contributed by atoms with Crippen molar-refractivity contribution in [2.75, 3.05) is 0 Å². The van der Waals surface area contributed by atoms with E-state index in [2.05, 4.69) is 6.07 Å². The number of benzene rings is 1. The van der Waals surface area contributed by atoms with Gasteiger partial charge in [-0.25, -0.2) is 4.39 Å². The summed E-state index contributed by atoms with van der Waals surface area (Å²) in [5.41, 5.74) is 0.772. The highest BCUT2D eigenvalue weighted by Crippen LogP contribution is 2.26. The van der Waals surface area contributed by atoms with E-state index in [1.807, 2.05) is 13.8 Å². The van der Waals surface area contributed by atoms with Gasteiger partial charge in [-0.1, -0.05) is 31.5 Å². The molecule has 0 fully saturated rings. The van der Waals surface area contributed by atoms with Gasteiger partial charge in [0.05, 0.1) is 17.0 Å². The van der Waals surface area contributed by atoms with E-state index < -0.39 is 5.82 Å². The van der Waals surface area contributed by atoms with Crippen molar-refractivity contribution in [1.82, 2.24) is 0 Å². The molecule has 0 aliphatic carbocycles. The summed E-state index contributed by atoms with van der Waals surface area (Å²) < 4.78 is 12.9. The van der Waals surface area contributed by atoms with Crippen LogP contribution in [-0.4, -0.2) is 0 Å². The Balaban J connectivity index is 3.08. The van der Waals surface area contributed by atoms with E-state index >= 15 is 0 Å². The van der Waals surface area contributed by atoms with Crippen LogP contribution in [0.2, 0.25) is 5.02 Å². The Bertz CT molecular complexity index is 368. The number of hydrogen-bond donors (Lipinski definition) is 0. The van der Waals surface area contributed by atoms with Gasteiger partial charge in [-0.15, -0.1) is 0 Å². The van der Waals surface area contributed by atoms with Crippen molar-refractivity contribution in [2.45, 2.75) is 19.8 Å². The van der Waals surface area contributed by atoms with Crippen LogP contribution in [0.25, 0.3) is 0 Å². The largest absolute Gasteiger partial charge is 0.205 e. The zero-order chi connectivity index (χ0) is 10.7. The third kappa shape index (κ3) is 2.24. The quantitative estimate of drug-likeness (QED) is 0.731. The van der Waals surface area contributed by atoms with Crippen LogP contribution in [0, 0.1) is 23.1 Å². The van der Waals surface area contributed by atoms with Crippen LogP contribution in [-0.2, 0) is 0 Å². The summed E-state index contributed by atoms with van der Waals surface area (Å²) in [6.07, 6.45) is 0. The number of nitriles is 1. The van der Waals surface area contributed by atoms with E-state index in [1.165, 1.54) is 12.1 Å². The Morgan fingerprint density at radius 3 is 2.50 bits per heavy atom. The summed E-state index contributed by atoms with van der Waals surface area (Å²) in [6, 6.07) is 6.60. The average Bonchev–Trinajstić information content (AvgIpc) is 2.11. The molecule has 0 N–H and O–H groups in total. The number of halogens is 2. The molecule has 0 radical (unpaired) electrons. The topological polar surface area (TPSA) is 23.8 Å². The highest BCUT2D eigenvalue weighted by Gasteiger charge is 2.15. The molecular formula is C11H11ClFN. The lowest BCUT2D eigenvalue weighted by Crippen LogP contribution is -2.04. The van der Waals surface area contributed by atoms with Crippen LogP contribution in [0.15, 0.2) is 18.2 Å². The summed E-state index contributed by atoms with van der Waals surface area (Å²) in [5, 5.41) is 9.00. The van der Waals surface area contributed by atoms with Gasteiger partial charge >= 0.3 is 0 Å². The fourth-order valence-electron chi connectivity index (χ4n) is 1.31. The molecule has 0 aliphatic heterocycles. The van der Waals surface area contributed by atoms with E-state index in [0.29, 0.717) is 0 Å². The van der Waals surface area contributed by atoms with E-state index in [9.17, 15) is 4.39 Å². The highest BCUT2D eigenvalue weighted by molar-refractivity contribution is 6.30. The predicted molar refractivity (Wildman–Crippen MR) is 54.6 cm³/mol. The fourth-order valence-corrected chi connectivity index (χ4v) is 1.50. The normalized spacial score (nSPS) is 12.6. The number of hydrogen-bond acceptors (Lipinski definition) is 1. The molecule has 14 heavy (non-hydrogen) atoms. The lowest BCUT2D eigenvalue weighted by Gasteiger charge is -2.13. The van der Waals surface area contributed by atoms with Crippen molar-refractivity contribution in [2.24, 2.45) is 5.92 Å². The van der Waals surface area contributed by atoms with Gasteiger partial charge in [0.1, 0.15) is 5.82 Å². The molecule has 0 bridgehead atoms. The second kappa shape index (κ2) is 4.43. The molecule has 0 spiro atoms. The molecule has 1 aromatic rings. The molecule has 0 heterocycles. The third-order valence-electron chi connectivity index (χ3n) is 2.11. The van der Waals surface area contributed by atoms with Gasteiger partial charge in [0.2, 0.25) is 0 Å². The van der Waals surface area contributed by atoms with Crippen molar-refractivity contribution in [1.29, 1.82) is 5.26 Å². The lowest BCUT2D eigenvalue weighted by molar-refractivity contribution is 0.583. The molecule has 0 aliphatic rings. The van der Waals surface area contributed by atoms with Gasteiger partial charge < -0.3 is 0 Å². The van der Waals surface area contributed by atoms with Crippen molar-refractivity contribution in [3.8, 4) is 6.07 Å². The minimum Gasteiger partial charge on any atom is -0.205 e. The van der Waals surface area contributed by atoms with Crippen LogP contribution in [0.4, 0.5) is 4.39 Å². The van der Waals surface area contributed by atoms with Crippen molar-refractivity contribution >= 4 is 11.6 Å². The first-order chi connectivity index (χ1) is 6.56. The molecule has 1 rings (SSSR count). The predicted octanol–water partition coefficient (Wildman–Crippen LogP) is 3.74. The maximum atomic E-state index is 12.9. The monoisotopic (exact) mass is 211 g/mol. The van der Waals surface area contributed by atoms with E-state index in [0.717, 1.165) is 5.56 Å². The summed E-state index contributed by atoms with van der Waals surface area (Å²) >= 11 is 5.64. The zero-order valence-corrected chi connectivity index (χ0v) is 8.85. The molecule has 1 unspecified atom stereocenters. The van der Waals surface area contributed by atoms with Gasteiger partial charge in [-0.05, 0) is 23.6 Å². The SMILES string of the molecule is CC(C)C(C#N)c1ccc(F)c(Cl)c1. The van der Waals surface area contributed by atoms with Gasteiger partial charge in [0, 0.05) is 0 Å². The molecule has 1 nitrogen and oxygen atoms in total. The maximum Gasteiger partial charge on any atom is 0.141 e. The first-order valence-corrected chi connectivity index (χ1v) is 4.78. The molecule has 74 valence electrons. The van der Waals surface area contributed by atoms with Crippen molar-refractivity contribution < 1.29 is 4.39 Å². The van der Waals surface area contributed by atoms with Crippen LogP contribution in [0.5, 0.6) is 0 Å². The van der Waals surface area contributed by atoms with Crippen LogP contribution in [0.1, 0.15) is 25.3 Å². The maximum absolute atomic E-state index is 12.9. The zero-order valence-electron chi connectivity index (χ0n) is 8.09. The minimum absolute atomic E-state index is 0.0726. The molecule has 0 saturated carbocycles. The molecule has 0 saturated heterocycles. The molecule has 0 amide bonds. The van der Waals surface area contributed by atoms with Gasteiger partial charge in [0.15, 0.2) is 0 Å². The highest BCUT2D eigenvalue weighted by atomic mass is 35.5. The molecule has 0 aromatic heterocycles. The van der Waals surface area contributed by atoms with Gasteiger partial charge in [0.25, 0.3) is 0 Å². The van der Waals surface area contributed by atoms with E-state index in [4.69, 9.17) is 16.9 Å². The fraction of sp³-hybridized carbons (Fsp3) is 0.364. The summed E-state index contributed by atoms with van der Waals surface area (Å²) in [6.45, 7) is 3.90. The Labute approximate surface area is 88.1 Å². The first kappa shape index (κ1) is 11.0. The van der Waals surface area contributed by atoms with E-state index in [1.54, 1.807) is 6.07 Å². The summed E-state index contributed by atoms with van der Waals surface area (Å²) in [5.74, 6) is -0.481. The Kier molecular flexibility index (Phi) is 3.49. The lowest BCUT2D eigenvalue weighted by atomic mass is 9.90. The first-order valence-electron chi connectivity index (χ1n) is 4.40. The average molecular weight is 212 g/mol. The Hall–Kier alpha value is -1.07. The van der Waals surface area contributed by atoms with Crippen LogP contribution >= 0.6 is 11.6 Å². The van der Waals surface area contributed by atoms with Gasteiger partial charge in [-0.3, -0.25) is 0 Å². The van der Waals surface area contributed by atoms with Crippen molar-refractivity contribution in [3.63, 3.8) is 0 Å². The molecule has 3 heteroatoms. The minimum atomic E-state index is -0.448.